The van der Waals surface area contributed by atoms with E-state index in [-0.39, 0.29) is 17.4 Å². The van der Waals surface area contributed by atoms with Gasteiger partial charge in [-0.05, 0) is 44.5 Å². The first-order valence-electron chi connectivity index (χ1n) is 7.37. The van der Waals surface area contributed by atoms with Crippen molar-refractivity contribution in [2.45, 2.75) is 26.2 Å². The normalized spacial score (nSPS) is 10.7. The van der Waals surface area contributed by atoms with Crippen molar-refractivity contribution < 1.29 is 4.74 Å². The fourth-order valence-electron chi connectivity index (χ4n) is 2.14. The number of likely N-dealkylation sites (N-methyl/N-ethyl adjacent to an activating group) is 1. The molecule has 0 radical (unpaired) electrons. The van der Waals surface area contributed by atoms with Crippen LogP contribution in [-0.2, 0) is 6.42 Å². The van der Waals surface area contributed by atoms with E-state index in [1.54, 1.807) is 0 Å². The maximum Gasteiger partial charge on any atom is 0.221 e. The number of benzene rings is 1. The van der Waals surface area contributed by atoms with Crippen LogP contribution in [0.25, 0.3) is 10.8 Å². The minimum absolute atomic E-state index is 0. The molecule has 2 aromatic rings. The highest BCUT2D eigenvalue weighted by Gasteiger charge is 2.07. The van der Waals surface area contributed by atoms with Gasteiger partial charge in [0.05, 0.1) is 0 Å². The van der Waals surface area contributed by atoms with Crippen molar-refractivity contribution in [2.75, 3.05) is 27.2 Å². The van der Waals surface area contributed by atoms with Gasteiger partial charge < -0.3 is 9.64 Å². The molecular weight excluding hydrogens is 275 g/mol. The summed E-state index contributed by atoms with van der Waals surface area (Å²) in [6.45, 7) is 3.77. The zero-order valence-corrected chi connectivity index (χ0v) is 12.7. The van der Waals surface area contributed by atoms with Crippen LogP contribution in [0.5, 0.6) is 5.88 Å². The molecule has 0 aliphatic carbocycles. The van der Waals surface area contributed by atoms with Gasteiger partial charge in [-0.1, -0.05) is 31.5 Å². The summed E-state index contributed by atoms with van der Waals surface area (Å²) >= 11 is 0. The van der Waals surface area contributed by atoms with Crippen LogP contribution in [0, 0.1) is 0 Å². The molecular formula is C17H27AlN2O. The van der Waals surface area contributed by atoms with E-state index in [1.165, 1.54) is 18.2 Å². The Labute approximate surface area is 138 Å². The third-order valence-corrected chi connectivity index (χ3v) is 3.32. The second-order valence-electron chi connectivity index (χ2n) is 5.40. The van der Waals surface area contributed by atoms with Crippen LogP contribution in [0.2, 0.25) is 0 Å². The lowest BCUT2D eigenvalue weighted by Gasteiger charge is -2.13. The average Bonchev–Trinajstić information content (AvgIpc) is 2.44. The second-order valence-corrected chi connectivity index (χ2v) is 5.40. The third kappa shape index (κ3) is 5.32. The molecule has 0 aliphatic heterocycles. The lowest BCUT2D eigenvalue weighted by molar-refractivity contribution is 0.256. The standard InChI is InChI=1S/C17H24N2O.Al.3H/c1-4-5-9-15-13-14-8-6-7-10-16(14)17(18-15)20-12-11-19(2)3;;;;/h6-8,10,13H,4-5,9,11-12H2,1-3H3;;;;. The SMILES string of the molecule is CCCCc1cc2ccccc2c(OCCN(C)C)n1.[AlH3]. The number of fused-ring (bicyclic) bond motifs is 1. The van der Waals surface area contributed by atoms with Gasteiger partial charge >= 0.3 is 0 Å². The predicted octanol–water partition coefficient (Wildman–Crippen LogP) is 2.33. The smallest absolute Gasteiger partial charge is 0.221 e. The van der Waals surface area contributed by atoms with E-state index in [9.17, 15) is 0 Å². The van der Waals surface area contributed by atoms with Gasteiger partial charge in [-0.25, -0.2) is 4.98 Å². The van der Waals surface area contributed by atoms with Gasteiger partial charge in [0.25, 0.3) is 0 Å². The molecule has 0 amide bonds. The zero-order valence-electron chi connectivity index (χ0n) is 12.7. The van der Waals surface area contributed by atoms with E-state index in [4.69, 9.17) is 9.72 Å². The maximum absolute atomic E-state index is 5.90. The number of aromatic nitrogens is 1. The summed E-state index contributed by atoms with van der Waals surface area (Å²) in [6.07, 6.45) is 3.37. The molecule has 0 unspecified atom stereocenters. The first-order chi connectivity index (χ1) is 9.70. The quantitative estimate of drug-likeness (QED) is 0.734. The minimum atomic E-state index is 0. The summed E-state index contributed by atoms with van der Waals surface area (Å²) in [5.74, 6) is 0.774. The van der Waals surface area contributed by atoms with E-state index in [1.807, 2.05) is 20.2 Å². The predicted molar refractivity (Wildman–Crippen MR) is 94.3 cm³/mol. The second kappa shape index (κ2) is 9.05. The molecule has 4 heteroatoms. The molecule has 1 aromatic heterocycles. The molecule has 114 valence electrons. The molecule has 2 rings (SSSR count). The lowest BCUT2D eigenvalue weighted by Crippen LogP contribution is -2.19. The summed E-state index contributed by atoms with van der Waals surface area (Å²) in [4.78, 5) is 6.81. The van der Waals surface area contributed by atoms with Gasteiger partial charge in [0.2, 0.25) is 5.88 Å². The molecule has 0 saturated carbocycles. The molecule has 0 N–H and O–H groups in total. The Hall–Kier alpha value is -1.08. The van der Waals surface area contributed by atoms with Crippen molar-refractivity contribution in [3.63, 3.8) is 0 Å². The van der Waals surface area contributed by atoms with Crippen molar-refractivity contribution in [3.8, 4) is 5.88 Å². The molecule has 1 aromatic carbocycles. The molecule has 21 heavy (non-hydrogen) atoms. The van der Waals surface area contributed by atoms with Gasteiger partial charge in [-0.2, -0.15) is 0 Å². The highest BCUT2D eigenvalue weighted by Crippen LogP contribution is 2.25. The third-order valence-electron chi connectivity index (χ3n) is 3.32. The zero-order chi connectivity index (χ0) is 14.4. The van der Waals surface area contributed by atoms with Gasteiger partial charge in [0.15, 0.2) is 17.4 Å². The van der Waals surface area contributed by atoms with Crippen molar-refractivity contribution in [3.05, 3.63) is 36.0 Å². The summed E-state index contributed by atoms with van der Waals surface area (Å²) in [7, 11) is 4.10. The molecule has 3 nitrogen and oxygen atoms in total. The lowest BCUT2D eigenvalue weighted by atomic mass is 10.1. The number of ether oxygens (including phenoxy) is 1. The molecule has 1 heterocycles. The monoisotopic (exact) mass is 302 g/mol. The van der Waals surface area contributed by atoms with Crippen LogP contribution in [0.3, 0.4) is 0 Å². The summed E-state index contributed by atoms with van der Waals surface area (Å²) in [5.41, 5.74) is 1.13. The number of hydrogen-bond donors (Lipinski definition) is 0. The van der Waals surface area contributed by atoms with Crippen molar-refractivity contribution >= 4 is 28.1 Å². The maximum atomic E-state index is 5.90. The van der Waals surface area contributed by atoms with Gasteiger partial charge in [-0.15, -0.1) is 0 Å². The average molecular weight is 302 g/mol. The molecule has 0 spiro atoms. The Morgan fingerprint density at radius 1 is 1.19 bits per heavy atom. The van der Waals surface area contributed by atoms with Gasteiger partial charge in [0, 0.05) is 17.6 Å². The number of pyridine rings is 1. The first-order valence-corrected chi connectivity index (χ1v) is 7.37. The Balaban J connectivity index is 0.00000220. The largest absolute Gasteiger partial charge is 0.476 e. The van der Waals surface area contributed by atoms with Crippen LogP contribution < -0.4 is 4.74 Å². The van der Waals surface area contributed by atoms with Crippen LogP contribution >= 0.6 is 0 Å². The molecule has 0 aliphatic rings. The Morgan fingerprint density at radius 2 is 1.95 bits per heavy atom. The van der Waals surface area contributed by atoms with Crippen LogP contribution in [0.15, 0.2) is 30.3 Å². The first kappa shape index (κ1) is 18.0. The van der Waals surface area contributed by atoms with Crippen molar-refractivity contribution in [1.82, 2.24) is 9.88 Å². The fraction of sp³-hybridized carbons (Fsp3) is 0.471. The van der Waals surface area contributed by atoms with E-state index < -0.39 is 0 Å². The van der Waals surface area contributed by atoms with E-state index in [0.29, 0.717) is 6.61 Å². The highest BCUT2D eigenvalue weighted by molar-refractivity contribution is 5.87. The summed E-state index contributed by atoms with van der Waals surface area (Å²) < 4.78 is 5.90. The van der Waals surface area contributed by atoms with Crippen LogP contribution in [-0.4, -0.2) is 54.5 Å². The number of aryl methyl sites for hydroxylation is 1. The number of nitrogens with zero attached hydrogens (tertiary/aromatic N) is 2. The topological polar surface area (TPSA) is 25.4 Å². The number of rotatable bonds is 7. The fourth-order valence-corrected chi connectivity index (χ4v) is 2.14. The number of hydrogen-bond acceptors (Lipinski definition) is 3. The molecule has 0 saturated heterocycles. The summed E-state index contributed by atoms with van der Waals surface area (Å²) in [6, 6.07) is 10.5. The Bertz CT molecular complexity index is 557. The number of unbranched alkanes of at least 4 members (excludes halogenated alkanes) is 1. The highest BCUT2D eigenvalue weighted by atomic mass is 27.0. The van der Waals surface area contributed by atoms with Crippen LogP contribution in [0.4, 0.5) is 0 Å². The minimum Gasteiger partial charge on any atom is -0.476 e. The Morgan fingerprint density at radius 3 is 2.67 bits per heavy atom. The van der Waals surface area contributed by atoms with Crippen molar-refractivity contribution in [2.24, 2.45) is 0 Å². The molecule has 0 atom stereocenters. The van der Waals surface area contributed by atoms with Crippen molar-refractivity contribution in [1.29, 1.82) is 0 Å². The van der Waals surface area contributed by atoms with Gasteiger partial charge in [0.1, 0.15) is 6.61 Å². The van der Waals surface area contributed by atoms with E-state index in [2.05, 4.69) is 36.1 Å². The molecule has 0 bridgehead atoms. The summed E-state index contributed by atoms with van der Waals surface area (Å²) in [5, 5.41) is 2.32. The molecule has 0 fully saturated rings. The van der Waals surface area contributed by atoms with Gasteiger partial charge in [-0.3, -0.25) is 0 Å². The van der Waals surface area contributed by atoms with Crippen LogP contribution in [0.1, 0.15) is 25.5 Å². The van der Waals surface area contributed by atoms with E-state index in [0.717, 1.165) is 29.9 Å². The van der Waals surface area contributed by atoms with E-state index >= 15 is 0 Å². The Kier molecular flexibility index (Phi) is 7.74.